The smallest absolute Gasteiger partial charge is 0.0552 e. The van der Waals surface area contributed by atoms with Gasteiger partial charge >= 0.3 is 0 Å². The third kappa shape index (κ3) is 3.41. The van der Waals surface area contributed by atoms with Crippen LogP contribution in [0.4, 0.5) is 11.4 Å². The van der Waals surface area contributed by atoms with Crippen molar-refractivity contribution in [2.24, 2.45) is 0 Å². The minimum Gasteiger partial charge on any atom is -0.344 e. The lowest BCUT2D eigenvalue weighted by Crippen LogP contribution is -2.18. The van der Waals surface area contributed by atoms with E-state index in [0.29, 0.717) is 6.04 Å². The van der Waals surface area contributed by atoms with Crippen molar-refractivity contribution in [1.29, 1.82) is 0 Å². The first kappa shape index (κ1) is 15.1. The minimum atomic E-state index is 0.368. The van der Waals surface area contributed by atoms with E-state index in [0.717, 1.165) is 11.0 Å². The number of hydrogen-bond donors (Lipinski definition) is 1. The number of halogens is 1. The van der Waals surface area contributed by atoms with Crippen LogP contribution in [-0.4, -0.2) is 13.6 Å². The van der Waals surface area contributed by atoms with Gasteiger partial charge in [-0.2, -0.15) is 0 Å². The summed E-state index contributed by atoms with van der Waals surface area (Å²) in [7, 11) is 2.09. The Hall–Kier alpha value is -1.32. The number of benzene rings is 2. The van der Waals surface area contributed by atoms with Crippen LogP contribution >= 0.6 is 15.9 Å². The Labute approximate surface area is 129 Å². The molecule has 2 aromatic rings. The summed E-state index contributed by atoms with van der Waals surface area (Å²) in [5.74, 6) is 0. The number of para-hydroxylation sites is 1. The summed E-state index contributed by atoms with van der Waals surface area (Å²) in [6, 6.07) is 17.3. The molecule has 0 bridgehead atoms. The molecule has 2 aromatic carbocycles. The number of nitrogens with zero attached hydrogens (tertiary/aromatic N) is 1. The first-order valence-corrected chi connectivity index (χ1v) is 7.74. The summed E-state index contributed by atoms with van der Waals surface area (Å²) >= 11 is 3.69. The Morgan fingerprint density at radius 1 is 1.15 bits per heavy atom. The Balaban J connectivity index is 2.26. The average molecular weight is 333 g/mol. The second-order valence-corrected chi connectivity index (χ2v) is 5.74. The van der Waals surface area contributed by atoms with Crippen LogP contribution in [0.1, 0.15) is 25.5 Å². The highest BCUT2D eigenvalue weighted by Gasteiger charge is 2.10. The molecule has 0 aliphatic carbocycles. The van der Waals surface area contributed by atoms with Gasteiger partial charge in [-0.1, -0.05) is 31.2 Å². The normalized spacial score (nSPS) is 12.2. The van der Waals surface area contributed by atoms with Gasteiger partial charge in [0.05, 0.1) is 5.69 Å². The van der Waals surface area contributed by atoms with Crippen LogP contribution in [0.3, 0.4) is 0 Å². The van der Waals surface area contributed by atoms with Gasteiger partial charge in [0.25, 0.3) is 0 Å². The molecule has 0 saturated carbocycles. The molecule has 106 valence electrons. The van der Waals surface area contributed by atoms with Crippen molar-refractivity contribution in [2.45, 2.75) is 19.9 Å². The van der Waals surface area contributed by atoms with Gasteiger partial charge in [0.15, 0.2) is 0 Å². The molecule has 0 heterocycles. The van der Waals surface area contributed by atoms with Gasteiger partial charge in [0, 0.05) is 23.2 Å². The van der Waals surface area contributed by atoms with Crippen molar-refractivity contribution in [3.63, 3.8) is 0 Å². The van der Waals surface area contributed by atoms with Gasteiger partial charge < -0.3 is 10.2 Å². The highest BCUT2D eigenvalue weighted by molar-refractivity contribution is 9.10. The predicted octanol–water partition coefficient (Wildman–Crippen LogP) is 4.89. The molecule has 1 unspecified atom stereocenters. The van der Waals surface area contributed by atoms with Crippen LogP contribution in [0.2, 0.25) is 0 Å². The molecule has 0 aliphatic rings. The Morgan fingerprint density at radius 2 is 1.85 bits per heavy atom. The van der Waals surface area contributed by atoms with Gasteiger partial charge in [0.2, 0.25) is 0 Å². The third-order valence-corrected chi connectivity index (χ3v) is 4.12. The maximum absolute atomic E-state index is 3.69. The quantitative estimate of drug-likeness (QED) is 0.838. The van der Waals surface area contributed by atoms with Crippen LogP contribution in [0.5, 0.6) is 0 Å². The summed E-state index contributed by atoms with van der Waals surface area (Å²) in [5, 5.41) is 3.43. The van der Waals surface area contributed by atoms with Crippen molar-refractivity contribution in [2.75, 3.05) is 18.5 Å². The van der Waals surface area contributed by atoms with E-state index >= 15 is 0 Å². The van der Waals surface area contributed by atoms with Crippen LogP contribution in [0.15, 0.2) is 53.0 Å². The van der Waals surface area contributed by atoms with Crippen LogP contribution in [0.25, 0.3) is 0 Å². The molecule has 0 saturated heterocycles. The van der Waals surface area contributed by atoms with Gasteiger partial charge in [-0.3, -0.25) is 0 Å². The van der Waals surface area contributed by atoms with E-state index < -0.39 is 0 Å². The van der Waals surface area contributed by atoms with Crippen LogP contribution in [-0.2, 0) is 0 Å². The van der Waals surface area contributed by atoms with E-state index in [1.54, 1.807) is 0 Å². The molecule has 20 heavy (non-hydrogen) atoms. The van der Waals surface area contributed by atoms with Crippen LogP contribution in [0, 0.1) is 0 Å². The highest BCUT2D eigenvalue weighted by Crippen LogP contribution is 2.32. The largest absolute Gasteiger partial charge is 0.344 e. The molecule has 2 rings (SSSR count). The van der Waals surface area contributed by atoms with Crippen molar-refractivity contribution >= 4 is 27.3 Å². The molecule has 1 atom stereocenters. The van der Waals surface area contributed by atoms with Crippen molar-refractivity contribution in [3.05, 3.63) is 58.6 Å². The van der Waals surface area contributed by atoms with Crippen molar-refractivity contribution in [1.82, 2.24) is 5.32 Å². The zero-order chi connectivity index (χ0) is 14.5. The molecule has 2 nitrogen and oxygen atoms in total. The van der Waals surface area contributed by atoms with E-state index in [-0.39, 0.29) is 0 Å². The molecular formula is C17H21BrN2. The van der Waals surface area contributed by atoms with Gasteiger partial charge in [-0.25, -0.2) is 0 Å². The lowest BCUT2D eigenvalue weighted by atomic mass is 10.1. The Bertz CT molecular complexity index is 554. The molecule has 0 radical (unpaired) electrons. The summed E-state index contributed by atoms with van der Waals surface area (Å²) in [6.45, 7) is 5.29. The number of hydrogen-bond acceptors (Lipinski definition) is 2. The molecule has 3 heteroatoms. The molecule has 0 amide bonds. The van der Waals surface area contributed by atoms with Gasteiger partial charge in [0.1, 0.15) is 0 Å². The van der Waals surface area contributed by atoms with E-state index in [1.807, 2.05) is 6.07 Å². The SMILES string of the molecule is CCNC(C)c1ccc(N(C)c2ccccc2)c(Br)c1. The van der Waals surface area contributed by atoms with E-state index in [9.17, 15) is 0 Å². The average Bonchev–Trinajstić information content (AvgIpc) is 2.47. The lowest BCUT2D eigenvalue weighted by molar-refractivity contribution is 0.598. The highest BCUT2D eigenvalue weighted by atomic mass is 79.9. The number of nitrogens with one attached hydrogen (secondary N) is 1. The van der Waals surface area contributed by atoms with Gasteiger partial charge in [-0.05, 0) is 59.2 Å². The first-order valence-electron chi connectivity index (χ1n) is 6.95. The van der Waals surface area contributed by atoms with Crippen molar-refractivity contribution in [3.8, 4) is 0 Å². The zero-order valence-corrected chi connectivity index (χ0v) is 13.8. The summed E-state index contributed by atoms with van der Waals surface area (Å²) in [6.07, 6.45) is 0. The first-order chi connectivity index (χ1) is 9.63. The fourth-order valence-electron chi connectivity index (χ4n) is 2.28. The third-order valence-electron chi connectivity index (χ3n) is 3.49. The Morgan fingerprint density at radius 3 is 2.45 bits per heavy atom. The Kier molecular flexibility index (Phi) is 5.21. The molecule has 0 fully saturated rings. The summed E-state index contributed by atoms with van der Waals surface area (Å²) in [5.41, 5.74) is 3.65. The molecule has 0 spiro atoms. The molecule has 0 aromatic heterocycles. The molecule has 0 aliphatic heterocycles. The lowest BCUT2D eigenvalue weighted by Gasteiger charge is -2.22. The maximum atomic E-state index is 3.69. The summed E-state index contributed by atoms with van der Waals surface area (Å²) in [4.78, 5) is 2.19. The minimum absolute atomic E-state index is 0.368. The molecule has 1 N–H and O–H groups in total. The fraction of sp³-hybridized carbons (Fsp3) is 0.294. The zero-order valence-electron chi connectivity index (χ0n) is 12.2. The molecular weight excluding hydrogens is 312 g/mol. The van der Waals surface area contributed by atoms with Gasteiger partial charge in [-0.15, -0.1) is 0 Å². The summed E-state index contributed by atoms with van der Waals surface area (Å²) < 4.78 is 1.12. The predicted molar refractivity (Wildman–Crippen MR) is 90.7 cm³/mol. The van der Waals surface area contributed by atoms with Crippen molar-refractivity contribution < 1.29 is 0 Å². The van der Waals surface area contributed by atoms with E-state index in [4.69, 9.17) is 0 Å². The maximum Gasteiger partial charge on any atom is 0.0552 e. The second kappa shape index (κ2) is 6.91. The number of anilines is 2. The number of rotatable bonds is 5. The monoisotopic (exact) mass is 332 g/mol. The van der Waals surface area contributed by atoms with E-state index in [1.165, 1.54) is 16.9 Å². The van der Waals surface area contributed by atoms with E-state index in [2.05, 4.69) is 89.5 Å². The fourth-order valence-corrected chi connectivity index (χ4v) is 2.94. The second-order valence-electron chi connectivity index (χ2n) is 4.88. The topological polar surface area (TPSA) is 15.3 Å². The van der Waals surface area contributed by atoms with Crippen LogP contribution < -0.4 is 10.2 Å². The standard InChI is InChI=1S/C17H21BrN2/c1-4-19-13(2)14-10-11-17(16(18)12-14)20(3)15-8-6-5-7-9-15/h5-13,19H,4H2,1-3H3.